The summed E-state index contributed by atoms with van der Waals surface area (Å²) in [6.07, 6.45) is 0. The van der Waals surface area contributed by atoms with Gasteiger partial charge in [0.1, 0.15) is 0 Å². The maximum Gasteiger partial charge on any atom is 0.253 e. The minimum absolute atomic E-state index is 0.589. The van der Waals surface area contributed by atoms with Crippen LogP contribution in [0.2, 0.25) is 0 Å². The van der Waals surface area contributed by atoms with Gasteiger partial charge in [0.25, 0.3) is -0.608 Å². The Kier molecular flexibility index (Phi) is 6.74. The molecule has 0 spiro atoms. The molecule has 0 nitrogen and oxygen atoms in total. The van der Waals surface area contributed by atoms with Gasteiger partial charge >= 0.3 is 0 Å². The summed E-state index contributed by atoms with van der Waals surface area (Å²) in [6.45, 7) is 2.20. The molecule has 0 fully saturated rings. The largest absolute Gasteiger partial charge is 0.253 e. The van der Waals surface area contributed by atoms with Gasteiger partial charge in [0.2, 0.25) is 0 Å². The molecule has 0 unspecified atom stereocenters. The molecule has 0 amide bonds. The second kappa shape index (κ2) is 4.73. The van der Waals surface area contributed by atoms with Gasteiger partial charge in [-0.15, -0.1) is 0 Å². The van der Waals surface area contributed by atoms with Crippen molar-refractivity contribution < 1.29 is 0 Å². The highest BCUT2D eigenvalue weighted by molar-refractivity contribution is 14.4. The molecule has 7 heavy (non-hydrogen) atoms. The molecular weight excluding hydrogens is 468 g/mol. The summed E-state index contributed by atoms with van der Waals surface area (Å²) in [4.78, 5) is 0. The molecule has 0 radical (unpaired) electrons. The Morgan fingerprint density at radius 3 is 1.86 bits per heavy atom. The fourth-order valence-electron chi connectivity index (χ4n) is 0.146. The molecule has 0 heterocycles. The van der Waals surface area contributed by atoms with Crippen LogP contribution in [0.1, 0.15) is 6.92 Å². The molecule has 0 aromatic rings. The van der Waals surface area contributed by atoms with Crippen LogP contribution in [-0.4, -0.2) is 5.75 Å². The van der Waals surface area contributed by atoms with Gasteiger partial charge < -0.3 is 0 Å². The zero-order valence-electron chi connectivity index (χ0n) is 3.70. The van der Waals surface area contributed by atoms with Crippen LogP contribution in [-0.2, 0) is 0 Å². The van der Waals surface area contributed by atoms with E-state index in [4.69, 9.17) is 0 Å². The fourth-order valence-corrected chi connectivity index (χ4v) is 8.84. The molecule has 0 aliphatic rings. The molecule has 0 aromatic carbocycles. The topological polar surface area (TPSA) is 0 Å². The number of hydrogen-bond acceptors (Lipinski definition) is 1. The fraction of sp³-hybridized carbons (Fsp3) is 1.00. The average molecular weight is 473 g/mol. The van der Waals surface area contributed by atoms with E-state index in [9.17, 15) is 0 Å². The Bertz CT molecular complexity index is 51.4. The summed E-state index contributed by atoms with van der Waals surface area (Å²) in [5.41, 5.74) is 0. The lowest BCUT2D eigenvalue weighted by Crippen LogP contribution is -1.54. The van der Waals surface area contributed by atoms with Crippen molar-refractivity contribution in [1.82, 2.24) is 0 Å². The maximum absolute atomic E-state index is 2.52. The summed E-state index contributed by atoms with van der Waals surface area (Å²) in [6, 6.07) is 0. The summed E-state index contributed by atoms with van der Waals surface area (Å²) in [5.74, 6) is 1.25. The van der Waals surface area contributed by atoms with Crippen LogP contribution in [0.4, 0.5) is 0 Å². The molecule has 0 rings (SSSR count). The lowest BCUT2D eigenvalue weighted by Gasteiger charge is -1.93. The lowest BCUT2D eigenvalue weighted by atomic mass is 11.0. The van der Waals surface area contributed by atoms with Crippen molar-refractivity contribution in [2.75, 3.05) is 5.75 Å². The van der Waals surface area contributed by atoms with Gasteiger partial charge in [-0.1, -0.05) is 6.92 Å². The van der Waals surface area contributed by atoms with E-state index >= 15 is 0 Å². The van der Waals surface area contributed by atoms with Crippen molar-refractivity contribution in [2.45, 2.75) is 6.92 Å². The first-order valence-corrected chi connectivity index (χ1v) is 13.4. The van der Waals surface area contributed by atoms with E-state index < -0.39 is -0.608 Å². The molecule has 0 N–H and O–H groups in total. The van der Waals surface area contributed by atoms with Gasteiger partial charge in [-0.3, -0.25) is 0 Å². The molecule has 0 bridgehead atoms. The van der Waals surface area contributed by atoms with Gasteiger partial charge in [-0.25, -0.2) is 0 Å². The normalized spacial score (nSPS) is 12.0. The quantitative estimate of drug-likeness (QED) is 0.414. The zero-order valence-corrected chi connectivity index (χ0v) is 11.9. The van der Waals surface area contributed by atoms with Crippen LogP contribution >= 0.6 is 76.9 Å². The van der Waals surface area contributed by atoms with Crippen LogP contribution < -0.4 is 0 Å². The highest BCUT2D eigenvalue weighted by atomic mass is 127. The van der Waals surface area contributed by atoms with E-state index in [-0.39, 0.29) is 0 Å². The molecule has 0 atom stereocenters. The summed E-state index contributed by atoms with van der Waals surface area (Å²) < 4.78 is -0.589. The molecule has 0 aromatic heterocycles. The molecule has 0 saturated carbocycles. The number of rotatable bonds is 2. The van der Waals surface area contributed by atoms with Gasteiger partial charge in [0, 0.05) is 17.1 Å². The van der Waals surface area contributed by atoms with Crippen LogP contribution in [0.15, 0.2) is 0 Å². The van der Waals surface area contributed by atoms with Crippen LogP contribution in [0.25, 0.3) is 0 Å². The molecule has 0 aliphatic carbocycles. The van der Waals surface area contributed by atoms with Gasteiger partial charge in [-0.2, -0.15) is 0 Å². The Hall–Kier alpha value is 2.97. The maximum atomic E-state index is 2.52. The van der Waals surface area contributed by atoms with E-state index in [1.807, 2.05) is 0 Å². The van der Waals surface area contributed by atoms with Crippen molar-refractivity contribution in [3.63, 3.8) is 0 Å². The van der Waals surface area contributed by atoms with Crippen LogP contribution in [0, 0.1) is 0 Å². The molecule has 44 valence electrons. The monoisotopic (exact) mass is 473 g/mol. The zero-order chi connectivity index (χ0) is 5.91. The first-order chi connectivity index (χ1) is 3.06. The Labute approximate surface area is 87.9 Å². The highest BCUT2D eigenvalue weighted by Crippen LogP contribution is 2.89. The van der Waals surface area contributed by atoms with Gasteiger partial charge in [0.15, 0.2) is 66.1 Å². The molecule has 5 heteroatoms. The minimum atomic E-state index is -0.589. The first-order valence-electron chi connectivity index (χ1n) is 1.69. The van der Waals surface area contributed by atoms with E-state index in [1.165, 1.54) is 5.75 Å². The Morgan fingerprint density at radius 2 is 1.86 bits per heavy atom. The first kappa shape index (κ1) is 9.97. The molecular formula is C2H5I3PS+. The van der Waals surface area contributed by atoms with Crippen molar-refractivity contribution in [1.29, 1.82) is 0 Å². The summed E-state index contributed by atoms with van der Waals surface area (Å²) in [5, 5.41) is 0. The Morgan fingerprint density at radius 1 is 1.43 bits per heavy atom. The SMILES string of the molecule is CCS[P+](I)(I)I. The Balaban J connectivity index is 3.15. The van der Waals surface area contributed by atoms with Crippen LogP contribution in [0.5, 0.6) is 0 Å². The van der Waals surface area contributed by atoms with E-state index in [0.29, 0.717) is 0 Å². The predicted octanol–water partition coefficient (Wildman–Crippen LogP) is 4.72. The van der Waals surface area contributed by atoms with Crippen molar-refractivity contribution in [3.8, 4) is 0 Å². The third-order valence-corrected chi connectivity index (χ3v) is 10.00. The molecule has 0 saturated heterocycles. The lowest BCUT2D eigenvalue weighted by molar-refractivity contribution is 1.54. The van der Waals surface area contributed by atoms with E-state index in [0.717, 1.165) is 0 Å². The van der Waals surface area contributed by atoms with E-state index in [1.54, 1.807) is 0 Å². The van der Waals surface area contributed by atoms with Gasteiger partial charge in [0.05, 0.1) is 0 Å². The predicted molar refractivity (Wildman–Crippen MR) is 67.1 cm³/mol. The third-order valence-electron chi connectivity index (χ3n) is 0.275. The van der Waals surface area contributed by atoms with Crippen molar-refractivity contribution in [3.05, 3.63) is 0 Å². The van der Waals surface area contributed by atoms with E-state index in [2.05, 4.69) is 84.4 Å². The van der Waals surface area contributed by atoms with Gasteiger partial charge in [-0.05, 0) is 0 Å². The minimum Gasteiger partial charge on any atom is -0.0527 e. The highest BCUT2D eigenvalue weighted by Gasteiger charge is 2.28. The number of hydrogen-bond donors (Lipinski definition) is 0. The second-order valence-electron chi connectivity index (χ2n) is 0.816. The standard InChI is InChI=1S/C2H5I3PS/c1-2-7-6(3,4)5/h2H2,1H3/q+1. The van der Waals surface area contributed by atoms with Crippen LogP contribution in [0.3, 0.4) is 0 Å². The third kappa shape index (κ3) is 8.97. The smallest absolute Gasteiger partial charge is 0.0527 e. The number of halogens is 3. The average Bonchev–Trinajstić information content (AvgIpc) is 1.30. The van der Waals surface area contributed by atoms with Crippen molar-refractivity contribution >= 4 is 76.9 Å². The van der Waals surface area contributed by atoms with Crippen molar-refractivity contribution in [2.24, 2.45) is 0 Å². The summed E-state index contributed by atoms with van der Waals surface area (Å²) >= 11 is 9.63. The molecule has 0 aliphatic heterocycles. The summed E-state index contributed by atoms with van der Waals surface area (Å²) in [7, 11) is 0. The second-order valence-corrected chi connectivity index (χ2v) is 40.4.